The number of primary sulfonamides is 1. The Balaban J connectivity index is 2.19. The number of nitrogens with one attached hydrogen (secondary N) is 1. The van der Waals surface area contributed by atoms with E-state index in [2.05, 4.69) is 5.32 Å². The Labute approximate surface area is 121 Å². The minimum Gasteiger partial charge on any atom is -0.352 e. The largest absolute Gasteiger partial charge is 0.352 e. The van der Waals surface area contributed by atoms with Crippen LogP contribution < -0.4 is 10.5 Å². The lowest BCUT2D eigenvalue weighted by Gasteiger charge is -2.09. The number of sulfonamides is 1. The summed E-state index contributed by atoms with van der Waals surface area (Å²) >= 11 is 5.76. The quantitative estimate of drug-likeness (QED) is 0.864. The van der Waals surface area contributed by atoms with Crippen molar-refractivity contribution in [2.45, 2.75) is 24.2 Å². The summed E-state index contributed by atoms with van der Waals surface area (Å²) in [5.74, 6) is -0.966. The van der Waals surface area contributed by atoms with Crippen molar-refractivity contribution in [2.24, 2.45) is 11.1 Å². The van der Waals surface area contributed by atoms with Crippen molar-refractivity contribution in [2.75, 3.05) is 6.54 Å². The number of nitrogens with two attached hydrogens (primary N) is 1. The van der Waals surface area contributed by atoms with Crippen molar-refractivity contribution in [1.82, 2.24) is 5.32 Å². The molecule has 1 aromatic rings. The molecule has 1 saturated carbocycles. The first-order chi connectivity index (χ1) is 9.29. The van der Waals surface area contributed by atoms with E-state index in [-0.39, 0.29) is 10.6 Å². The maximum atomic E-state index is 13.5. The minimum absolute atomic E-state index is 0.104. The summed E-state index contributed by atoms with van der Waals surface area (Å²) in [4.78, 5) is 11.2. The maximum Gasteiger partial charge on any atom is 0.252 e. The molecule has 0 unspecified atom stereocenters. The number of halogens is 2. The molecule has 3 N–H and O–H groups in total. The number of amides is 1. The van der Waals surface area contributed by atoms with E-state index in [9.17, 15) is 17.6 Å². The molecule has 0 spiro atoms. The first-order valence-electron chi connectivity index (χ1n) is 6.09. The molecule has 1 aliphatic carbocycles. The second-order valence-electron chi connectivity index (χ2n) is 4.80. The van der Waals surface area contributed by atoms with Crippen molar-refractivity contribution in [3.8, 4) is 0 Å². The Morgan fingerprint density at radius 3 is 2.65 bits per heavy atom. The van der Waals surface area contributed by atoms with Crippen LogP contribution in [-0.2, 0) is 10.0 Å². The highest BCUT2D eigenvalue weighted by Gasteiger charge is 2.23. The highest BCUT2D eigenvalue weighted by Crippen LogP contribution is 2.31. The molecule has 0 saturated heterocycles. The van der Waals surface area contributed by atoms with Crippen LogP contribution in [0.2, 0.25) is 5.02 Å². The van der Waals surface area contributed by atoms with E-state index in [1.54, 1.807) is 0 Å². The lowest BCUT2D eigenvalue weighted by atomic mass is 10.2. The number of benzene rings is 1. The van der Waals surface area contributed by atoms with Gasteiger partial charge in [-0.2, -0.15) is 0 Å². The average molecular weight is 321 g/mol. The van der Waals surface area contributed by atoms with Gasteiger partial charge in [0.05, 0.1) is 10.6 Å². The zero-order valence-electron chi connectivity index (χ0n) is 10.5. The van der Waals surface area contributed by atoms with Gasteiger partial charge in [-0.25, -0.2) is 17.9 Å². The molecule has 1 fully saturated rings. The molecule has 5 nitrogen and oxygen atoms in total. The fourth-order valence-corrected chi connectivity index (χ4v) is 2.66. The normalized spacial score (nSPS) is 15.2. The van der Waals surface area contributed by atoms with Crippen molar-refractivity contribution in [3.05, 3.63) is 28.5 Å². The molecule has 0 atom stereocenters. The fraction of sp³-hybridized carbons (Fsp3) is 0.417. The molecule has 1 aromatic carbocycles. The van der Waals surface area contributed by atoms with Crippen molar-refractivity contribution in [1.29, 1.82) is 0 Å². The highest BCUT2D eigenvalue weighted by molar-refractivity contribution is 7.89. The summed E-state index contributed by atoms with van der Waals surface area (Å²) in [6.45, 7) is 0.474. The monoisotopic (exact) mass is 320 g/mol. The van der Waals surface area contributed by atoms with Crippen LogP contribution in [0.5, 0.6) is 0 Å². The van der Waals surface area contributed by atoms with Crippen LogP contribution in [0.4, 0.5) is 4.39 Å². The van der Waals surface area contributed by atoms with Crippen molar-refractivity contribution < 1.29 is 17.6 Å². The third-order valence-corrected chi connectivity index (χ3v) is 4.35. The molecule has 0 aliphatic heterocycles. The first kappa shape index (κ1) is 15.2. The van der Waals surface area contributed by atoms with E-state index in [0.29, 0.717) is 12.5 Å². The Hall–Kier alpha value is -1.18. The van der Waals surface area contributed by atoms with E-state index in [0.717, 1.165) is 18.6 Å². The number of carbonyl (C=O) groups is 1. The van der Waals surface area contributed by atoms with Crippen LogP contribution in [0.15, 0.2) is 17.0 Å². The molecule has 0 bridgehead atoms. The molecule has 110 valence electrons. The third kappa shape index (κ3) is 3.68. The van der Waals surface area contributed by atoms with E-state index >= 15 is 0 Å². The van der Waals surface area contributed by atoms with Crippen LogP contribution in [-0.4, -0.2) is 20.9 Å². The molecule has 8 heteroatoms. The summed E-state index contributed by atoms with van der Waals surface area (Å²) in [6, 6.07) is 1.64. The summed E-state index contributed by atoms with van der Waals surface area (Å²) in [7, 11) is -4.24. The number of hydrogen-bond donors (Lipinski definition) is 2. The summed E-state index contributed by atoms with van der Waals surface area (Å²) < 4.78 is 35.9. The van der Waals surface area contributed by atoms with Gasteiger partial charge in [0.1, 0.15) is 10.7 Å². The Kier molecular flexibility index (Phi) is 4.31. The smallest absolute Gasteiger partial charge is 0.252 e. The molecule has 1 aliphatic rings. The molecule has 1 amide bonds. The van der Waals surface area contributed by atoms with E-state index in [1.807, 2.05) is 0 Å². The van der Waals surface area contributed by atoms with Gasteiger partial charge in [-0.1, -0.05) is 24.4 Å². The molecule has 0 heterocycles. The second kappa shape index (κ2) is 5.67. The Morgan fingerprint density at radius 1 is 1.45 bits per heavy atom. The van der Waals surface area contributed by atoms with E-state index in [1.165, 1.54) is 12.8 Å². The summed E-state index contributed by atoms with van der Waals surface area (Å²) in [6.07, 6.45) is 3.21. The highest BCUT2D eigenvalue weighted by atomic mass is 35.5. The lowest BCUT2D eigenvalue weighted by Crippen LogP contribution is -2.26. The zero-order chi connectivity index (χ0) is 14.9. The van der Waals surface area contributed by atoms with E-state index < -0.39 is 26.6 Å². The van der Waals surface area contributed by atoms with Crippen molar-refractivity contribution in [3.63, 3.8) is 0 Å². The van der Waals surface area contributed by atoms with Crippen LogP contribution in [0, 0.1) is 11.7 Å². The predicted molar refractivity (Wildman–Crippen MR) is 72.5 cm³/mol. The van der Waals surface area contributed by atoms with Gasteiger partial charge in [-0.15, -0.1) is 0 Å². The summed E-state index contributed by atoms with van der Waals surface area (Å²) in [5, 5.41) is 7.36. The van der Waals surface area contributed by atoms with E-state index in [4.69, 9.17) is 16.7 Å². The van der Waals surface area contributed by atoms with Gasteiger partial charge in [0.15, 0.2) is 0 Å². The summed E-state index contributed by atoms with van der Waals surface area (Å²) in [5.41, 5.74) is -0.104. The predicted octanol–water partition coefficient (Wildman–Crippen LogP) is 1.66. The molecular weight excluding hydrogens is 307 g/mol. The van der Waals surface area contributed by atoms with Gasteiger partial charge in [0.2, 0.25) is 10.0 Å². The maximum absolute atomic E-state index is 13.5. The fourth-order valence-electron chi connectivity index (χ4n) is 1.81. The van der Waals surface area contributed by atoms with Gasteiger partial charge in [-0.05, 0) is 24.5 Å². The Morgan fingerprint density at radius 2 is 2.10 bits per heavy atom. The number of hydrogen-bond acceptors (Lipinski definition) is 3. The molecule has 20 heavy (non-hydrogen) atoms. The molecule has 0 radical (unpaired) electrons. The van der Waals surface area contributed by atoms with Gasteiger partial charge < -0.3 is 5.32 Å². The second-order valence-corrected chi connectivity index (χ2v) is 6.73. The van der Waals surface area contributed by atoms with Crippen LogP contribution in [0.3, 0.4) is 0 Å². The third-order valence-electron chi connectivity index (χ3n) is 3.11. The zero-order valence-corrected chi connectivity index (χ0v) is 12.1. The minimum atomic E-state index is -4.24. The first-order valence-corrected chi connectivity index (χ1v) is 8.01. The molecule has 0 aromatic heterocycles. The van der Waals surface area contributed by atoms with Crippen molar-refractivity contribution >= 4 is 27.5 Å². The van der Waals surface area contributed by atoms with Crippen LogP contribution in [0.25, 0.3) is 0 Å². The van der Waals surface area contributed by atoms with Gasteiger partial charge in [-0.3, -0.25) is 4.79 Å². The standard InChI is InChI=1S/C12H14ClFN2O3S/c13-9-6-10(14)11(20(15,18)19)5-8(9)12(17)16-4-3-7-1-2-7/h5-7H,1-4H2,(H,16,17)(H2,15,18,19). The SMILES string of the molecule is NS(=O)(=O)c1cc(C(=O)NCCC2CC2)c(Cl)cc1F. The topological polar surface area (TPSA) is 89.3 Å². The molecular formula is C12H14ClFN2O3S. The number of rotatable bonds is 5. The van der Waals surface area contributed by atoms with Gasteiger partial charge >= 0.3 is 0 Å². The van der Waals surface area contributed by atoms with Crippen LogP contribution in [0.1, 0.15) is 29.6 Å². The molecule has 2 rings (SSSR count). The number of carbonyl (C=O) groups excluding carboxylic acids is 1. The lowest BCUT2D eigenvalue weighted by molar-refractivity contribution is 0.0952. The Bertz CT molecular complexity index is 644. The van der Waals surface area contributed by atoms with Gasteiger partial charge in [0.25, 0.3) is 5.91 Å². The average Bonchev–Trinajstić information content (AvgIpc) is 3.11. The van der Waals surface area contributed by atoms with Crippen LogP contribution >= 0.6 is 11.6 Å². The van der Waals surface area contributed by atoms with Gasteiger partial charge in [0, 0.05) is 6.54 Å².